The van der Waals surface area contributed by atoms with Gasteiger partial charge in [-0.3, -0.25) is 9.10 Å². The van der Waals surface area contributed by atoms with Crippen LogP contribution in [0, 0.1) is 0 Å². The number of esters is 1. The van der Waals surface area contributed by atoms with Crippen molar-refractivity contribution in [1.82, 2.24) is 5.32 Å². The van der Waals surface area contributed by atoms with Gasteiger partial charge in [-0.1, -0.05) is 35.9 Å². The van der Waals surface area contributed by atoms with E-state index in [4.69, 9.17) is 16.3 Å². The van der Waals surface area contributed by atoms with Crippen LogP contribution in [0.15, 0.2) is 64.9 Å². The van der Waals surface area contributed by atoms with E-state index in [1.165, 1.54) is 33.8 Å². The summed E-state index contributed by atoms with van der Waals surface area (Å²) >= 11 is 7.69. The number of anilines is 1. The highest BCUT2D eigenvalue weighted by atomic mass is 35.5. The lowest BCUT2D eigenvalue weighted by molar-refractivity contribution is -0.124. The van der Waals surface area contributed by atoms with Gasteiger partial charge in [0.25, 0.3) is 15.9 Å². The molecular weight excluding hydrogens is 472 g/mol. The van der Waals surface area contributed by atoms with E-state index in [0.717, 1.165) is 10.4 Å². The molecule has 0 aliphatic carbocycles. The fourth-order valence-corrected chi connectivity index (χ4v) is 6.02. The SMILES string of the molecule is O=C(COC(=O)c1ccc(Cl)c(S(=O)(=O)N2CCc3ccccc32)c1)NCc1cccs1. The maximum Gasteiger partial charge on any atom is 0.338 e. The topological polar surface area (TPSA) is 92.8 Å². The van der Waals surface area contributed by atoms with Crippen LogP contribution in [0.5, 0.6) is 0 Å². The average molecular weight is 491 g/mol. The molecule has 0 fully saturated rings. The molecule has 10 heteroatoms. The van der Waals surface area contributed by atoms with Crippen molar-refractivity contribution in [1.29, 1.82) is 0 Å². The summed E-state index contributed by atoms with van der Waals surface area (Å²) in [6.07, 6.45) is 0.593. The van der Waals surface area contributed by atoms with Gasteiger partial charge >= 0.3 is 5.97 Å². The number of carbonyl (C=O) groups excluding carboxylic acids is 2. The fraction of sp³-hybridized carbons (Fsp3) is 0.182. The van der Waals surface area contributed by atoms with Crippen LogP contribution in [0.3, 0.4) is 0 Å². The number of benzene rings is 2. The summed E-state index contributed by atoms with van der Waals surface area (Å²) in [7, 11) is -3.99. The second-order valence-electron chi connectivity index (χ2n) is 7.03. The van der Waals surface area contributed by atoms with E-state index in [9.17, 15) is 18.0 Å². The van der Waals surface area contributed by atoms with Gasteiger partial charge in [-0.15, -0.1) is 11.3 Å². The zero-order valence-electron chi connectivity index (χ0n) is 16.8. The second kappa shape index (κ2) is 9.32. The van der Waals surface area contributed by atoms with Crippen LogP contribution in [0.1, 0.15) is 20.8 Å². The molecule has 0 saturated carbocycles. The molecule has 166 valence electrons. The highest BCUT2D eigenvalue weighted by Gasteiger charge is 2.32. The fourth-order valence-electron chi connectivity index (χ4n) is 3.37. The number of nitrogens with zero attached hydrogens (tertiary/aromatic N) is 1. The van der Waals surface area contributed by atoms with E-state index in [-0.39, 0.29) is 22.0 Å². The van der Waals surface area contributed by atoms with Crippen molar-refractivity contribution in [2.75, 3.05) is 17.5 Å². The molecule has 0 spiro atoms. The van der Waals surface area contributed by atoms with E-state index in [0.29, 0.717) is 18.7 Å². The Hall–Kier alpha value is -2.88. The smallest absolute Gasteiger partial charge is 0.338 e. The Bertz CT molecular complexity index is 1260. The first-order valence-electron chi connectivity index (χ1n) is 9.72. The lowest BCUT2D eigenvalue weighted by atomic mass is 10.2. The Balaban J connectivity index is 1.46. The maximum absolute atomic E-state index is 13.3. The van der Waals surface area contributed by atoms with Gasteiger partial charge in [0.05, 0.1) is 22.8 Å². The van der Waals surface area contributed by atoms with E-state index < -0.39 is 28.5 Å². The lowest BCUT2D eigenvalue weighted by Crippen LogP contribution is -2.30. The molecule has 3 aromatic rings. The Labute approximate surface area is 194 Å². The second-order valence-corrected chi connectivity index (χ2v) is 10.3. The van der Waals surface area contributed by atoms with Gasteiger partial charge in [0, 0.05) is 11.4 Å². The molecule has 2 aromatic carbocycles. The number of fused-ring (bicyclic) bond motifs is 1. The van der Waals surface area contributed by atoms with Crippen molar-refractivity contribution in [2.45, 2.75) is 17.9 Å². The lowest BCUT2D eigenvalue weighted by Gasteiger charge is -2.20. The normalized spacial score (nSPS) is 13.0. The first kappa shape index (κ1) is 22.3. The molecule has 4 rings (SSSR count). The van der Waals surface area contributed by atoms with Crippen molar-refractivity contribution < 1.29 is 22.7 Å². The number of sulfonamides is 1. The van der Waals surface area contributed by atoms with Gasteiger partial charge in [-0.25, -0.2) is 13.2 Å². The summed E-state index contributed by atoms with van der Waals surface area (Å²) in [5.41, 5.74) is 1.52. The Morgan fingerprint density at radius 3 is 2.72 bits per heavy atom. The van der Waals surface area contributed by atoms with Crippen LogP contribution in [0.25, 0.3) is 0 Å². The molecule has 0 saturated heterocycles. The molecule has 0 radical (unpaired) electrons. The van der Waals surface area contributed by atoms with Crippen LogP contribution in [-0.4, -0.2) is 33.4 Å². The number of ether oxygens (including phenoxy) is 1. The average Bonchev–Trinajstić information content (AvgIpc) is 3.46. The Kier molecular flexibility index (Phi) is 6.50. The van der Waals surface area contributed by atoms with Crippen LogP contribution >= 0.6 is 22.9 Å². The highest BCUT2D eigenvalue weighted by Crippen LogP contribution is 2.35. The minimum Gasteiger partial charge on any atom is -0.452 e. The van der Waals surface area contributed by atoms with Crippen LogP contribution in [-0.2, 0) is 32.5 Å². The minimum absolute atomic E-state index is 0.000350. The van der Waals surface area contributed by atoms with Gasteiger partial charge in [0.2, 0.25) is 0 Å². The summed E-state index contributed by atoms with van der Waals surface area (Å²) in [6, 6.07) is 14.9. The van der Waals surface area contributed by atoms with Gasteiger partial charge in [0.1, 0.15) is 4.90 Å². The van der Waals surface area contributed by atoms with Crippen molar-refractivity contribution in [2.24, 2.45) is 0 Å². The third-order valence-electron chi connectivity index (χ3n) is 4.95. The predicted octanol–water partition coefficient (Wildman–Crippen LogP) is 3.63. The molecule has 1 aliphatic heterocycles. The number of rotatable bonds is 7. The molecular formula is C22H19ClN2O5S2. The standard InChI is InChI=1S/C22H19ClN2O5S2/c23-18-8-7-16(22(27)30-14-21(26)24-13-17-5-3-11-31-17)12-20(18)32(28,29)25-10-9-15-4-1-2-6-19(15)25/h1-8,11-12H,9-10,13-14H2,(H,24,26). The van der Waals surface area contributed by atoms with E-state index >= 15 is 0 Å². The highest BCUT2D eigenvalue weighted by molar-refractivity contribution is 7.93. The van der Waals surface area contributed by atoms with Gasteiger partial charge < -0.3 is 10.1 Å². The van der Waals surface area contributed by atoms with Crippen LogP contribution in [0.4, 0.5) is 5.69 Å². The largest absolute Gasteiger partial charge is 0.452 e. The van der Waals surface area contributed by atoms with Gasteiger partial charge in [0.15, 0.2) is 6.61 Å². The van der Waals surface area contributed by atoms with E-state index in [1.54, 1.807) is 12.1 Å². The number of carbonyl (C=O) groups is 2. The number of para-hydroxylation sites is 1. The van der Waals surface area contributed by atoms with Crippen LogP contribution < -0.4 is 9.62 Å². The summed E-state index contributed by atoms with van der Waals surface area (Å²) in [5, 5.41) is 4.55. The number of hydrogen-bond donors (Lipinski definition) is 1. The van der Waals surface area contributed by atoms with Crippen molar-refractivity contribution in [3.8, 4) is 0 Å². The Morgan fingerprint density at radius 2 is 1.94 bits per heavy atom. The van der Waals surface area contributed by atoms with E-state index in [1.807, 2.05) is 29.6 Å². The van der Waals surface area contributed by atoms with Gasteiger partial charge in [-0.2, -0.15) is 0 Å². The summed E-state index contributed by atoms with van der Waals surface area (Å²) in [6.45, 7) is 0.153. The number of amides is 1. The molecule has 1 aromatic heterocycles. The monoisotopic (exact) mass is 490 g/mol. The molecule has 2 heterocycles. The first-order valence-corrected chi connectivity index (χ1v) is 12.4. The number of nitrogens with one attached hydrogen (secondary N) is 1. The number of halogens is 1. The zero-order valence-corrected chi connectivity index (χ0v) is 19.2. The minimum atomic E-state index is -3.99. The quantitative estimate of drug-likeness (QED) is 0.510. The molecule has 32 heavy (non-hydrogen) atoms. The third kappa shape index (κ3) is 4.64. The predicted molar refractivity (Wildman–Crippen MR) is 123 cm³/mol. The molecule has 7 nitrogen and oxygen atoms in total. The first-order chi connectivity index (χ1) is 15.4. The molecule has 0 unspecified atom stereocenters. The molecule has 1 aliphatic rings. The zero-order chi connectivity index (χ0) is 22.7. The summed E-state index contributed by atoms with van der Waals surface area (Å²) < 4.78 is 32.9. The molecule has 1 N–H and O–H groups in total. The number of hydrogen-bond acceptors (Lipinski definition) is 6. The van der Waals surface area contributed by atoms with Gasteiger partial charge in [-0.05, 0) is 47.7 Å². The Morgan fingerprint density at radius 1 is 1.12 bits per heavy atom. The third-order valence-corrected chi connectivity index (χ3v) is 8.12. The van der Waals surface area contributed by atoms with Crippen LogP contribution in [0.2, 0.25) is 5.02 Å². The molecule has 0 bridgehead atoms. The summed E-state index contributed by atoms with van der Waals surface area (Å²) in [4.78, 5) is 25.2. The number of thiophene rings is 1. The summed E-state index contributed by atoms with van der Waals surface area (Å²) in [5.74, 6) is -1.27. The van der Waals surface area contributed by atoms with E-state index in [2.05, 4.69) is 5.32 Å². The maximum atomic E-state index is 13.3. The van der Waals surface area contributed by atoms with Crippen molar-refractivity contribution in [3.63, 3.8) is 0 Å². The van der Waals surface area contributed by atoms with Crippen molar-refractivity contribution >= 4 is 50.5 Å². The molecule has 0 atom stereocenters. The van der Waals surface area contributed by atoms with Crippen molar-refractivity contribution in [3.05, 3.63) is 81.0 Å². The molecule has 1 amide bonds.